The second-order valence-corrected chi connectivity index (χ2v) is 6.37. The van der Waals surface area contributed by atoms with E-state index in [9.17, 15) is 8.42 Å². The number of nitrogens with zero attached hydrogens (tertiary/aromatic N) is 2. The summed E-state index contributed by atoms with van der Waals surface area (Å²) >= 11 is 5.78. The fraction of sp³-hybridized carbons (Fsp3) is 0.0769. The number of aromatic nitrogens is 1. The number of anilines is 2. The molecule has 0 aliphatic rings. The van der Waals surface area contributed by atoms with Crippen LogP contribution in [0.5, 0.6) is 0 Å². The van der Waals surface area contributed by atoms with Gasteiger partial charge >= 0.3 is 0 Å². The van der Waals surface area contributed by atoms with Gasteiger partial charge in [0.15, 0.2) is 0 Å². The molecule has 2 rings (SSSR count). The van der Waals surface area contributed by atoms with E-state index in [0.29, 0.717) is 16.8 Å². The van der Waals surface area contributed by atoms with E-state index in [2.05, 4.69) is 9.71 Å². The van der Waals surface area contributed by atoms with E-state index in [1.807, 2.05) is 6.07 Å². The first-order valence-electron chi connectivity index (χ1n) is 5.78. The van der Waals surface area contributed by atoms with Gasteiger partial charge in [-0.05, 0) is 30.7 Å². The molecule has 1 aromatic carbocycles. The van der Waals surface area contributed by atoms with Crippen LogP contribution in [0.4, 0.5) is 11.5 Å². The van der Waals surface area contributed by atoms with E-state index < -0.39 is 10.0 Å². The Morgan fingerprint density at radius 3 is 2.71 bits per heavy atom. The first-order valence-corrected chi connectivity index (χ1v) is 7.64. The Morgan fingerprint density at radius 2 is 2.10 bits per heavy atom. The molecule has 2 aromatic rings. The zero-order valence-corrected chi connectivity index (χ0v) is 12.5. The molecule has 0 unspecified atom stereocenters. The number of nitrogen functional groups attached to an aromatic ring is 1. The van der Waals surface area contributed by atoms with Gasteiger partial charge in [-0.3, -0.25) is 4.72 Å². The maximum Gasteiger partial charge on any atom is 0.263 e. The van der Waals surface area contributed by atoms with Crippen molar-refractivity contribution in [2.24, 2.45) is 0 Å². The first kappa shape index (κ1) is 15.1. The maximum atomic E-state index is 12.3. The van der Waals surface area contributed by atoms with Crippen LogP contribution in [0, 0.1) is 18.3 Å². The van der Waals surface area contributed by atoms with Gasteiger partial charge in [0.25, 0.3) is 10.0 Å². The molecular weight excluding hydrogens is 312 g/mol. The minimum Gasteiger partial charge on any atom is -0.382 e. The largest absolute Gasteiger partial charge is 0.382 e. The molecule has 0 saturated carbocycles. The van der Waals surface area contributed by atoms with Crippen molar-refractivity contribution >= 4 is 33.1 Å². The third-order valence-corrected chi connectivity index (χ3v) is 4.40. The van der Waals surface area contributed by atoms with Crippen LogP contribution in [0.2, 0.25) is 5.02 Å². The summed E-state index contributed by atoms with van der Waals surface area (Å²) in [6.07, 6.45) is 1.12. The zero-order chi connectivity index (χ0) is 15.6. The van der Waals surface area contributed by atoms with E-state index in [1.54, 1.807) is 19.1 Å². The summed E-state index contributed by atoms with van der Waals surface area (Å²) in [7, 11) is -3.86. The third-order valence-electron chi connectivity index (χ3n) is 2.77. The Bertz CT molecular complexity index is 844. The number of sulfonamides is 1. The van der Waals surface area contributed by atoms with Gasteiger partial charge in [0, 0.05) is 6.20 Å². The highest BCUT2D eigenvalue weighted by Crippen LogP contribution is 2.24. The van der Waals surface area contributed by atoms with Crippen molar-refractivity contribution < 1.29 is 8.42 Å². The monoisotopic (exact) mass is 322 g/mol. The predicted molar refractivity (Wildman–Crippen MR) is 80.4 cm³/mol. The second kappa shape index (κ2) is 5.60. The van der Waals surface area contributed by atoms with Crippen LogP contribution in [0.25, 0.3) is 0 Å². The summed E-state index contributed by atoms with van der Waals surface area (Å²) in [6, 6.07) is 7.89. The number of halogens is 1. The molecule has 1 aromatic heterocycles. The molecule has 0 fully saturated rings. The summed E-state index contributed by atoms with van der Waals surface area (Å²) in [4.78, 5) is 3.61. The van der Waals surface area contributed by atoms with Crippen LogP contribution in [-0.2, 0) is 10.0 Å². The minimum absolute atomic E-state index is 0.0540. The standard InChI is InChI=1S/C13H11ClN4O2S/c1-8-2-3-9(6-15)4-12(8)18-21(19,20)10-5-11(14)13(16)17-7-10/h2-5,7,18H,1H3,(H2,16,17). The lowest BCUT2D eigenvalue weighted by atomic mass is 10.1. The van der Waals surface area contributed by atoms with Gasteiger partial charge < -0.3 is 5.73 Å². The molecule has 3 N–H and O–H groups in total. The first-order chi connectivity index (χ1) is 9.83. The van der Waals surface area contributed by atoms with Gasteiger partial charge in [-0.2, -0.15) is 5.26 Å². The molecule has 0 aliphatic heterocycles. The van der Waals surface area contributed by atoms with E-state index in [1.165, 1.54) is 12.1 Å². The molecule has 0 amide bonds. The highest BCUT2D eigenvalue weighted by Gasteiger charge is 2.17. The third kappa shape index (κ3) is 3.24. The topological polar surface area (TPSA) is 109 Å². The number of rotatable bonds is 3. The molecule has 108 valence electrons. The number of nitrogens with two attached hydrogens (primary N) is 1. The predicted octanol–water partition coefficient (Wildman–Crippen LogP) is 2.30. The molecule has 0 saturated heterocycles. The normalized spacial score (nSPS) is 10.9. The number of nitriles is 1. The van der Waals surface area contributed by atoms with Gasteiger partial charge in [0.2, 0.25) is 0 Å². The highest BCUT2D eigenvalue weighted by atomic mass is 35.5. The van der Waals surface area contributed by atoms with Crippen molar-refractivity contribution in [3.63, 3.8) is 0 Å². The SMILES string of the molecule is Cc1ccc(C#N)cc1NS(=O)(=O)c1cnc(N)c(Cl)c1. The van der Waals surface area contributed by atoms with Crippen LogP contribution < -0.4 is 10.5 Å². The maximum absolute atomic E-state index is 12.3. The number of nitrogens with one attached hydrogen (secondary N) is 1. The summed E-state index contributed by atoms with van der Waals surface area (Å²) < 4.78 is 27.0. The Kier molecular flexibility index (Phi) is 4.02. The van der Waals surface area contributed by atoms with E-state index in [-0.39, 0.29) is 15.7 Å². The molecule has 0 bridgehead atoms. The quantitative estimate of drug-likeness (QED) is 0.901. The molecule has 8 heteroatoms. The van der Waals surface area contributed by atoms with Crippen molar-refractivity contribution in [1.29, 1.82) is 5.26 Å². The zero-order valence-electron chi connectivity index (χ0n) is 11.0. The Hall–Kier alpha value is -2.30. The minimum atomic E-state index is -3.86. The lowest BCUT2D eigenvalue weighted by Crippen LogP contribution is -2.14. The van der Waals surface area contributed by atoms with E-state index in [0.717, 1.165) is 6.20 Å². The van der Waals surface area contributed by atoms with Gasteiger partial charge in [-0.1, -0.05) is 17.7 Å². The number of hydrogen-bond acceptors (Lipinski definition) is 5. The Labute approximate surface area is 127 Å². The molecule has 1 heterocycles. The molecule has 21 heavy (non-hydrogen) atoms. The van der Waals surface area contributed by atoms with Crippen molar-refractivity contribution in [2.45, 2.75) is 11.8 Å². The average molecular weight is 323 g/mol. The second-order valence-electron chi connectivity index (χ2n) is 4.29. The van der Waals surface area contributed by atoms with Crippen molar-refractivity contribution in [3.05, 3.63) is 46.6 Å². The molecule has 0 atom stereocenters. The number of pyridine rings is 1. The van der Waals surface area contributed by atoms with Crippen LogP contribution in [0.3, 0.4) is 0 Å². The fourth-order valence-electron chi connectivity index (χ4n) is 1.58. The van der Waals surface area contributed by atoms with Gasteiger partial charge in [-0.25, -0.2) is 13.4 Å². The van der Waals surface area contributed by atoms with Gasteiger partial charge in [0.1, 0.15) is 10.7 Å². The molecule has 6 nitrogen and oxygen atoms in total. The number of hydrogen-bond donors (Lipinski definition) is 2. The summed E-state index contributed by atoms with van der Waals surface area (Å²) in [6.45, 7) is 1.73. The Balaban J connectivity index is 2.42. The molecule has 0 radical (unpaired) electrons. The van der Waals surface area contributed by atoms with E-state index in [4.69, 9.17) is 22.6 Å². The molecular formula is C13H11ClN4O2S. The van der Waals surface area contributed by atoms with Crippen LogP contribution in [-0.4, -0.2) is 13.4 Å². The number of benzene rings is 1. The Morgan fingerprint density at radius 1 is 1.38 bits per heavy atom. The highest BCUT2D eigenvalue weighted by molar-refractivity contribution is 7.92. The van der Waals surface area contributed by atoms with Gasteiger partial charge in [0.05, 0.1) is 22.3 Å². The van der Waals surface area contributed by atoms with Crippen LogP contribution >= 0.6 is 11.6 Å². The summed E-state index contributed by atoms with van der Waals surface area (Å²) in [5.41, 5.74) is 6.81. The van der Waals surface area contributed by atoms with Crippen molar-refractivity contribution in [1.82, 2.24) is 4.98 Å². The fourth-order valence-corrected chi connectivity index (χ4v) is 2.91. The summed E-state index contributed by atoms with van der Waals surface area (Å²) in [5, 5.41) is 8.92. The van der Waals surface area contributed by atoms with Crippen molar-refractivity contribution in [2.75, 3.05) is 10.5 Å². The van der Waals surface area contributed by atoms with Crippen molar-refractivity contribution in [3.8, 4) is 6.07 Å². The van der Waals surface area contributed by atoms with Crippen LogP contribution in [0.1, 0.15) is 11.1 Å². The van der Waals surface area contributed by atoms with Gasteiger partial charge in [-0.15, -0.1) is 0 Å². The van der Waals surface area contributed by atoms with E-state index >= 15 is 0 Å². The molecule has 0 aliphatic carbocycles. The smallest absolute Gasteiger partial charge is 0.263 e. The number of aryl methyl sites for hydroxylation is 1. The lowest BCUT2D eigenvalue weighted by molar-refractivity contribution is 0.601. The average Bonchev–Trinajstić information content (AvgIpc) is 2.44. The van der Waals surface area contributed by atoms with Crippen LogP contribution in [0.15, 0.2) is 35.4 Å². The summed E-state index contributed by atoms with van der Waals surface area (Å²) in [5.74, 6) is 0.0540. The molecule has 0 spiro atoms. The lowest BCUT2D eigenvalue weighted by Gasteiger charge is -2.11.